The van der Waals surface area contributed by atoms with Crippen LogP contribution in [0, 0.1) is 24.2 Å². The number of rotatable bonds is 6. The normalized spacial score (nSPS) is 13.4. The molecule has 0 N–H and O–H groups in total. The van der Waals surface area contributed by atoms with Gasteiger partial charge in [-0.05, 0) is 130 Å². The summed E-state index contributed by atoms with van der Waals surface area (Å²) in [5.74, 6) is 1.96. The predicted octanol–water partition coefficient (Wildman–Crippen LogP) is 18.1. The number of hydrogen-bond acceptors (Lipinski definition) is 3. The molecule has 0 bridgehead atoms. The second kappa shape index (κ2) is 18.0. The van der Waals surface area contributed by atoms with Gasteiger partial charge in [0.05, 0.1) is 0 Å². The van der Waals surface area contributed by atoms with E-state index in [0.717, 1.165) is 99.0 Å². The molecule has 0 saturated carbocycles. The number of pyridine rings is 1. The summed E-state index contributed by atoms with van der Waals surface area (Å²) in [6.07, 6.45) is 0.280. The molecular formula is C67H59N4OPt-3. The number of nitrogens with zero attached hydrogens (tertiary/aromatic N) is 4. The second-order valence-electron chi connectivity index (χ2n) is 22.3. The maximum absolute atomic E-state index is 9.58. The molecule has 6 heteroatoms. The fraction of sp³-hybridized carbons (Fsp3) is 0.194. The fourth-order valence-corrected chi connectivity index (χ4v) is 10.6. The minimum absolute atomic E-state index is 0. The summed E-state index contributed by atoms with van der Waals surface area (Å²) in [4.78, 5) is 7.11. The Labute approximate surface area is 446 Å². The van der Waals surface area contributed by atoms with Crippen LogP contribution in [0.2, 0.25) is 0 Å². The third-order valence-corrected chi connectivity index (χ3v) is 14.0. The molecule has 0 aliphatic carbocycles. The van der Waals surface area contributed by atoms with E-state index in [0.29, 0.717) is 17.1 Å². The molecule has 0 fully saturated rings. The minimum atomic E-state index is -1.62. The van der Waals surface area contributed by atoms with E-state index in [1.807, 2.05) is 45.2 Å². The van der Waals surface area contributed by atoms with E-state index in [-0.39, 0.29) is 31.9 Å². The monoisotopic (exact) mass is 1130 g/mol. The molecule has 0 radical (unpaired) electrons. The van der Waals surface area contributed by atoms with Crippen LogP contribution in [-0.2, 0) is 38.3 Å². The van der Waals surface area contributed by atoms with Crippen molar-refractivity contribution in [3.63, 3.8) is 0 Å². The molecule has 0 unspecified atom stereocenters. The van der Waals surface area contributed by atoms with Crippen molar-refractivity contribution in [2.75, 3.05) is 4.90 Å². The fourth-order valence-electron chi connectivity index (χ4n) is 10.6. The molecule has 0 atom stereocenters. The topological polar surface area (TPSA) is 35.2 Å². The van der Waals surface area contributed by atoms with Gasteiger partial charge in [0.15, 0.2) is 0 Å². The van der Waals surface area contributed by atoms with Crippen LogP contribution in [0.3, 0.4) is 0 Å². The minimum Gasteiger partial charge on any atom is -0.509 e. The summed E-state index contributed by atoms with van der Waals surface area (Å²) < 4.78 is 30.5. The van der Waals surface area contributed by atoms with E-state index in [1.54, 1.807) is 0 Å². The third kappa shape index (κ3) is 8.62. The molecule has 0 spiro atoms. The van der Waals surface area contributed by atoms with Crippen molar-refractivity contribution < 1.29 is 28.5 Å². The van der Waals surface area contributed by atoms with Crippen LogP contribution in [0.15, 0.2) is 176 Å². The predicted molar refractivity (Wildman–Crippen MR) is 303 cm³/mol. The van der Waals surface area contributed by atoms with Gasteiger partial charge >= 0.3 is 0 Å². The molecule has 73 heavy (non-hydrogen) atoms. The average Bonchev–Trinajstić information content (AvgIpc) is 3.94. The van der Waals surface area contributed by atoms with Gasteiger partial charge in [0.1, 0.15) is 5.82 Å². The Morgan fingerprint density at radius 3 is 1.84 bits per heavy atom. The Bertz CT molecular complexity index is 4150. The van der Waals surface area contributed by atoms with Gasteiger partial charge in [-0.2, -0.15) is 12.1 Å². The molecule has 5 nitrogen and oxygen atoms in total. The van der Waals surface area contributed by atoms with Crippen molar-refractivity contribution >= 4 is 76.5 Å². The number of anilines is 2. The van der Waals surface area contributed by atoms with Crippen molar-refractivity contribution in [1.29, 1.82) is 0 Å². The Kier molecular flexibility index (Phi) is 11.2. The van der Waals surface area contributed by atoms with E-state index in [1.165, 1.54) is 5.56 Å². The van der Waals surface area contributed by atoms with E-state index in [2.05, 4.69) is 226 Å². The second-order valence-corrected chi connectivity index (χ2v) is 22.3. The number of benzene rings is 8. The molecule has 366 valence electrons. The first-order valence-electron chi connectivity index (χ1n) is 26.0. The quantitative estimate of drug-likeness (QED) is 0.156. The van der Waals surface area contributed by atoms with Crippen molar-refractivity contribution in [3.8, 4) is 28.4 Å². The average molecular weight is 1130 g/mol. The first-order chi connectivity index (χ1) is 35.3. The van der Waals surface area contributed by atoms with Crippen molar-refractivity contribution in [1.82, 2.24) is 14.1 Å². The van der Waals surface area contributed by atoms with Crippen LogP contribution in [-0.4, -0.2) is 14.1 Å². The van der Waals surface area contributed by atoms with Crippen LogP contribution in [0.1, 0.15) is 81.7 Å². The SMILES string of the molecule is [2H]C([2H])(c1cc(-c2cccc3c4ccccc4c4ccccc4c4cccc5c4n(c23)[CH-]N5c2[c-]c(Oc3[c-]c4c(cc3)c3ccccc3n4-c3cc(C(C)(C)C)ccn3)ccc2)cc(C(C)(C)C)c1)C(C)(C)C.[Pt]. The maximum atomic E-state index is 9.58. The summed E-state index contributed by atoms with van der Waals surface area (Å²) in [5.41, 5.74) is 9.75. The van der Waals surface area contributed by atoms with Gasteiger partial charge in [-0.1, -0.05) is 189 Å². The van der Waals surface area contributed by atoms with Crippen LogP contribution in [0.4, 0.5) is 11.4 Å². The molecule has 8 aromatic carbocycles. The summed E-state index contributed by atoms with van der Waals surface area (Å²) in [6, 6.07) is 67.3. The Balaban J connectivity index is 0.00000602. The molecule has 0 amide bonds. The number of para-hydroxylation sites is 3. The Hall–Kier alpha value is -7.33. The summed E-state index contributed by atoms with van der Waals surface area (Å²) in [7, 11) is 0. The van der Waals surface area contributed by atoms with E-state index >= 15 is 0 Å². The standard InChI is InChI=1S/C67H59N4O.Pt/c1-65(2,3)41-43-35-44(37-46(36-43)67(7,8)9)50-26-17-27-57-53-23-12-10-21-51(53)52-22-11-13-24-54(52)58-28-18-30-60-64(58)70(63(50)57)42-69(60)47-19-16-20-48(39-47)72-49-31-32-56-55-25-14-15-29-59(55)71(61(56)40-49)62-38-45(33-34-68-62)66(4,5)6;/h10-38,42H,41H2,1-9H3;/q-3;/i41D2;. The van der Waals surface area contributed by atoms with Gasteiger partial charge in [-0.15, -0.1) is 35.7 Å². The van der Waals surface area contributed by atoms with Crippen LogP contribution < -0.4 is 9.64 Å². The Morgan fingerprint density at radius 1 is 0.548 bits per heavy atom. The zero-order chi connectivity index (χ0) is 51.5. The van der Waals surface area contributed by atoms with Gasteiger partial charge in [0.2, 0.25) is 0 Å². The van der Waals surface area contributed by atoms with Gasteiger partial charge in [-0.3, -0.25) is 0 Å². The van der Waals surface area contributed by atoms with Crippen molar-refractivity contribution in [3.05, 3.63) is 212 Å². The number of ether oxygens (including phenoxy) is 1. The molecule has 0 saturated heterocycles. The number of hydrogen-bond donors (Lipinski definition) is 0. The molecular weight excluding hydrogens is 1070 g/mol. The van der Waals surface area contributed by atoms with Crippen LogP contribution in [0.25, 0.3) is 82.1 Å². The number of aromatic nitrogens is 3. The van der Waals surface area contributed by atoms with Gasteiger partial charge in [0, 0.05) is 52.7 Å². The first-order valence-corrected chi connectivity index (χ1v) is 25.0. The zero-order valence-corrected chi connectivity index (χ0v) is 45.1. The van der Waals surface area contributed by atoms with Gasteiger partial charge in [-0.25, -0.2) is 4.98 Å². The van der Waals surface area contributed by atoms with Gasteiger partial charge in [0.25, 0.3) is 0 Å². The van der Waals surface area contributed by atoms with E-state index in [4.69, 9.17) is 9.72 Å². The molecule has 1 aliphatic rings. The van der Waals surface area contributed by atoms with Crippen LogP contribution >= 0.6 is 0 Å². The Morgan fingerprint density at radius 2 is 1.15 bits per heavy atom. The molecule has 11 aromatic rings. The first kappa shape index (κ1) is 45.5. The van der Waals surface area contributed by atoms with Crippen molar-refractivity contribution in [2.45, 2.75) is 79.5 Å². The third-order valence-electron chi connectivity index (χ3n) is 14.0. The van der Waals surface area contributed by atoms with Crippen LogP contribution in [0.5, 0.6) is 11.5 Å². The van der Waals surface area contributed by atoms with Gasteiger partial charge < -0.3 is 18.8 Å². The molecule has 1 aliphatic heterocycles. The largest absolute Gasteiger partial charge is 0.509 e. The number of fused-ring (bicyclic) bond motifs is 10. The summed E-state index contributed by atoms with van der Waals surface area (Å²) >= 11 is 0. The summed E-state index contributed by atoms with van der Waals surface area (Å²) in [5, 5.41) is 8.89. The molecule has 4 heterocycles. The summed E-state index contributed by atoms with van der Waals surface area (Å²) in [6.45, 7) is 21.4. The van der Waals surface area contributed by atoms with Crippen molar-refractivity contribution in [2.24, 2.45) is 5.41 Å². The maximum Gasteiger partial charge on any atom is 0.135 e. The molecule has 12 rings (SSSR count). The van der Waals surface area contributed by atoms with E-state index in [9.17, 15) is 2.74 Å². The zero-order valence-electron chi connectivity index (χ0n) is 44.8. The smallest absolute Gasteiger partial charge is 0.135 e. The van der Waals surface area contributed by atoms with E-state index < -0.39 is 11.8 Å². The molecule has 3 aromatic heterocycles.